The van der Waals surface area contributed by atoms with Crippen molar-refractivity contribution in [3.8, 4) is 0 Å². The van der Waals surface area contributed by atoms with Gasteiger partial charge in [-0.1, -0.05) is 24.6 Å². The Morgan fingerprint density at radius 1 is 1.42 bits per heavy atom. The molecule has 1 aromatic carbocycles. The number of non-ortho nitro benzene ring substituents is 1. The highest BCUT2D eigenvalue weighted by Gasteiger charge is 2.27. The topological polar surface area (TPSA) is 43.1 Å². The molecule has 1 aliphatic carbocycles. The zero-order chi connectivity index (χ0) is 14.0. The highest BCUT2D eigenvalue weighted by atomic mass is 35.5. The lowest BCUT2D eigenvalue weighted by Crippen LogP contribution is -2.26. The molecule has 104 valence electrons. The maximum Gasteiger partial charge on any atom is 0.270 e. The number of nitrogens with zero attached hydrogens (tertiary/aromatic N) is 1. The quantitative estimate of drug-likeness (QED) is 0.456. The largest absolute Gasteiger partial charge is 0.270 e. The summed E-state index contributed by atoms with van der Waals surface area (Å²) in [5.41, 5.74) is 0.991. The first kappa shape index (κ1) is 14.6. The van der Waals surface area contributed by atoms with E-state index in [0.717, 1.165) is 24.8 Å². The Kier molecular flexibility index (Phi) is 4.69. The minimum atomic E-state index is -0.428. The average molecular weight is 302 g/mol. The van der Waals surface area contributed by atoms with Crippen LogP contribution in [0.5, 0.6) is 0 Å². The highest BCUT2D eigenvalue weighted by molar-refractivity contribution is 6.31. The van der Waals surface area contributed by atoms with E-state index in [-0.39, 0.29) is 11.1 Å². The van der Waals surface area contributed by atoms with Crippen molar-refractivity contribution in [3.63, 3.8) is 0 Å². The molecule has 3 nitrogen and oxygen atoms in total. The van der Waals surface area contributed by atoms with E-state index in [9.17, 15) is 10.1 Å². The first-order valence-electron chi connectivity index (χ1n) is 6.54. The van der Waals surface area contributed by atoms with E-state index in [4.69, 9.17) is 23.2 Å². The SMILES string of the molecule is CC1CCC(Cl)C(Cc2ccc([N+](=O)[O-])cc2Cl)C1. The summed E-state index contributed by atoms with van der Waals surface area (Å²) in [7, 11) is 0. The van der Waals surface area contributed by atoms with Crippen molar-refractivity contribution in [1.29, 1.82) is 0 Å². The highest BCUT2D eigenvalue weighted by Crippen LogP contribution is 2.36. The van der Waals surface area contributed by atoms with Gasteiger partial charge in [0.25, 0.3) is 5.69 Å². The van der Waals surface area contributed by atoms with Crippen molar-refractivity contribution in [2.45, 2.75) is 38.0 Å². The molecule has 1 aromatic rings. The fourth-order valence-electron chi connectivity index (χ4n) is 2.77. The lowest BCUT2D eigenvalue weighted by molar-refractivity contribution is -0.384. The molecular weight excluding hydrogens is 285 g/mol. The van der Waals surface area contributed by atoms with E-state index in [1.54, 1.807) is 6.07 Å². The van der Waals surface area contributed by atoms with E-state index in [0.29, 0.717) is 16.9 Å². The van der Waals surface area contributed by atoms with Gasteiger partial charge in [0.05, 0.1) is 9.95 Å². The minimum Gasteiger partial charge on any atom is -0.258 e. The molecule has 2 rings (SSSR count). The third-order valence-corrected chi connectivity index (χ3v) is 4.81. The number of rotatable bonds is 3. The summed E-state index contributed by atoms with van der Waals surface area (Å²) in [6, 6.07) is 4.69. The molecule has 1 fully saturated rings. The number of alkyl halides is 1. The Balaban J connectivity index is 2.12. The Bertz CT molecular complexity index is 479. The normalized spacial score (nSPS) is 27.2. The molecule has 1 aliphatic rings. The molecule has 19 heavy (non-hydrogen) atoms. The van der Waals surface area contributed by atoms with Crippen LogP contribution >= 0.6 is 23.2 Å². The van der Waals surface area contributed by atoms with Crippen molar-refractivity contribution in [2.75, 3.05) is 0 Å². The van der Waals surface area contributed by atoms with Gasteiger partial charge < -0.3 is 0 Å². The van der Waals surface area contributed by atoms with Crippen LogP contribution in [0.4, 0.5) is 5.69 Å². The summed E-state index contributed by atoms with van der Waals surface area (Å²) < 4.78 is 0. The van der Waals surface area contributed by atoms with Crippen molar-refractivity contribution >= 4 is 28.9 Å². The van der Waals surface area contributed by atoms with Crippen molar-refractivity contribution < 1.29 is 4.92 Å². The molecule has 0 heterocycles. The van der Waals surface area contributed by atoms with Crippen LogP contribution in [0, 0.1) is 22.0 Å². The van der Waals surface area contributed by atoms with Crippen molar-refractivity contribution in [2.24, 2.45) is 11.8 Å². The van der Waals surface area contributed by atoms with E-state index >= 15 is 0 Å². The summed E-state index contributed by atoms with van der Waals surface area (Å²) in [6.45, 7) is 2.24. The molecule has 0 aliphatic heterocycles. The standard InChI is InChI=1S/C14H17Cl2NO2/c1-9-2-5-13(15)11(6-9)7-10-3-4-12(17(18)19)8-14(10)16/h3-4,8-9,11,13H,2,5-7H2,1H3. The van der Waals surface area contributed by atoms with Crippen LogP contribution in [0.15, 0.2) is 18.2 Å². The Hall–Kier alpha value is -0.800. The monoisotopic (exact) mass is 301 g/mol. The molecular formula is C14H17Cl2NO2. The maximum absolute atomic E-state index is 10.7. The van der Waals surface area contributed by atoms with Gasteiger partial charge in [-0.05, 0) is 43.1 Å². The second-order valence-corrected chi connectivity index (χ2v) is 6.40. The zero-order valence-corrected chi connectivity index (χ0v) is 12.3. The van der Waals surface area contributed by atoms with E-state index < -0.39 is 4.92 Å². The van der Waals surface area contributed by atoms with Crippen LogP contribution < -0.4 is 0 Å². The van der Waals surface area contributed by atoms with Gasteiger partial charge in [0.2, 0.25) is 0 Å². The first-order valence-corrected chi connectivity index (χ1v) is 7.35. The van der Waals surface area contributed by atoms with Gasteiger partial charge >= 0.3 is 0 Å². The number of hydrogen-bond donors (Lipinski definition) is 0. The summed E-state index contributed by atoms with van der Waals surface area (Å²) in [4.78, 5) is 10.2. The summed E-state index contributed by atoms with van der Waals surface area (Å²) >= 11 is 12.5. The molecule has 5 heteroatoms. The second kappa shape index (κ2) is 6.10. The fourth-order valence-corrected chi connectivity index (χ4v) is 3.34. The number of halogens is 2. The van der Waals surface area contributed by atoms with E-state index in [1.807, 2.05) is 0 Å². The number of benzene rings is 1. The molecule has 3 unspecified atom stereocenters. The third kappa shape index (κ3) is 3.61. The molecule has 0 bridgehead atoms. The van der Waals surface area contributed by atoms with Crippen LogP contribution in [-0.4, -0.2) is 10.3 Å². The second-order valence-electron chi connectivity index (χ2n) is 5.43. The van der Waals surface area contributed by atoms with Crippen LogP contribution in [-0.2, 0) is 6.42 Å². The summed E-state index contributed by atoms with van der Waals surface area (Å²) in [6.07, 6.45) is 4.12. The van der Waals surface area contributed by atoms with Gasteiger partial charge in [0, 0.05) is 17.5 Å². The van der Waals surface area contributed by atoms with Gasteiger partial charge in [-0.25, -0.2) is 0 Å². The summed E-state index contributed by atoms with van der Waals surface area (Å²) in [5, 5.41) is 11.3. The van der Waals surface area contributed by atoms with E-state index in [1.165, 1.54) is 18.6 Å². The number of nitro benzene ring substituents is 1. The Morgan fingerprint density at radius 3 is 2.79 bits per heavy atom. The van der Waals surface area contributed by atoms with Crippen LogP contribution in [0.3, 0.4) is 0 Å². The van der Waals surface area contributed by atoms with Crippen LogP contribution in [0.1, 0.15) is 31.7 Å². The zero-order valence-electron chi connectivity index (χ0n) is 10.8. The molecule has 0 amide bonds. The number of hydrogen-bond acceptors (Lipinski definition) is 2. The summed E-state index contributed by atoms with van der Waals surface area (Å²) in [5.74, 6) is 1.10. The Morgan fingerprint density at radius 2 is 2.16 bits per heavy atom. The van der Waals surface area contributed by atoms with Gasteiger partial charge in [-0.15, -0.1) is 11.6 Å². The van der Waals surface area contributed by atoms with Crippen LogP contribution in [0.25, 0.3) is 0 Å². The molecule has 3 atom stereocenters. The Labute approximate surface area is 123 Å². The predicted molar refractivity (Wildman–Crippen MR) is 78.0 cm³/mol. The van der Waals surface area contributed by atoms with Crippen molar-refractivity contribution in [1.82, 2.24) is 0 Å². The molecule has 1 saturated carbocycles. The average Bonchev–Trinajstić information content (AvgIpc) is 2.36. The minimum absolute atomic E-state index is 0.0354. The van der Waals surface area contributed by atoms with Gasteiger partial charge in [-0.3, -0.25) is 10.1 Å². The van der Waals surface area contributed by atoms with Gasteiger partial charge in [-0.2, -0.15) is 0 Å². The van der Waals surface area contributed by atoms with Crippen LogP contribution in [0.2, 0.25) is 5.02 Å². The lowest BCUT2D eigenvalue weighted by atomic mass is 9.79. The third-order valence-electron chi connectivity index (χ3n) is 3.88. The first-order chi connectivity index (χ1) is 8.97. The fraction of sp³-hybridized carbons (Fsp3) is 0.571. The van der Waals surface area contributed by atoms with Gasteiger partial charge in [0.1, 0.15) is 0 Å². The molecule has 0 spiro atoms. The molecule has 0 saturated heterocycles. The number of nitro groups is 1. The predicted octanol–water partition coefficient (Wildman–Crippen LogP) is 4.83. The van der Waals surface area contributed by atoms with Gasteiger partial charge in [0.15, 0.2) is 0 Å². The molecule has 0 aromatic heterocycles. The maximum atomic E-state index is 10.7. The van der Waals surface area contributed by atoms with Crippen molar-refractivity contribution in [3.05, 3.63) is 38.9 Å². The smallest absolute Gasteiger partial charge is 0.258 e. The molecule has 0 radical (unpaired) electrons. The van der Waals surface area contributed by atoms with E-state index in [2.05, 4.69) is 6.92 Å². The molecule has 0 N–H and O–H groups in total. The lowest BCUT2D eigenvalue weighted by Gasteiger charge is -2.31.